The molecule has 3 rings (SSSR count). The number of rotatable bonds is 6. The van der Waals surface area contributed by atoms with E-state index in [-0.39, 0.29) is 18.3 Å². The van der Waals surface area contributed by atoms with E-state index < -0.39 is 17.6 Å². The molecule has 0 bridgehead atoms. The Morgan fingerprint density at radius 3 is 2.71 bits per heavy atom. The first-order chi connectivity index (χ1) is 13.4. The van der Waals surface area contributed by atoms with E-state index >= 15 is 0 Å². The number of aliphatic hydroxyl groups is 1. The van der Waals surface area contributed by atoms with Crippen molar-refractivity contribution in [3.05, 3.63) is 40.8 Å². The van der Waals surface area contributed by atoms with Crippen LogP contribution in [0, 0.1) is 0 Å². The molecule has 8 nitrogen and oxygen atoms in total. The van der Waals surface area contributed by atoms with Crippen molar-refractivity contribution in [2.45, 2.75) is 32.0 Å². The van der Waals surface area contributed by atoms with Crippen molar-refractivity contribution in [1.82, 2.24) is 9.97 Å². The molecule has 0 fully saturated rings. The van der Waals surface area contributed by atoms with Gasteiger partial charge in [0.2, 0.25) is 0 Å². The van der Waals surface area contributed by atoms with Gasteiger partial charge in [0, 0.05) is 11.6 Å². The van der Waals surface area contributed by atoms with Crippen LogP contribution in [0.4, 0.5) is 5.82 Å². The molecule has 0 saturated heterocycles. The number of carbonyl (C=O) groups excluding carboxylic acids is 1. The minimum atomic E-state index is -1.43. The molecule has 1 N–H and O–H groups in total. The number of halogens is 1. The Balaban J connectivity index is 2.07. The zero-order chi connectivity index (χ0) is 20.5. The number of aliphatic hydroxyl groups excluding tert-OH is 1. The summed E-state index contributed by atoms with van der Waals surface area (Å²) >= 11 is 6.29. The van der Waals surface area contributed by atoms with Crippen LogP contribution in [0.15, 0.2) is 24.5 Å². The summed E-state index contributed by atoms with van der Waals surface area (Å²) in [7, 11) is 3.12. The van der Waals surface area contributed by atoms with E-state index in [1.165, 1.54) is 6.33 Å². The van der Waals surface area contributed by atoms with Crippen LogP contribution in [-0.4, -0.2) is 48.1 Å². The first-order valence-corrected chi connectivity index (χ1v) is 9.10. The molecule has 0 spiro atoms. The smallest absolute Gasteiger partial charge is 0.321 e. The van der Waals surface area contributed by atoms with Gasteiger partial charge >= 0.3 is 5.97 Å². The van der Waals surface area contributed by atoms with Gasteiger partial charge in [-0.2, -0.15) is 0 Å². The monoisotopic (exact) mass is 407 g/mol. The SMILES string of the molecule is CCOC(=O)C1(C)c2c(Cl)ncnc2N(Cc2ccc(OC)cc2OC)C1O. The lowest BCUT2D eigenvalue weighted by atomic mass is 9.84. The molecule has 2 atom stereocenters. The average Bonchev–Trinajstić information content (AvgIpc) is 2.92. The lowest BCUT2D eigenvalue weighted by Gasteiger charge is -2.30. The third kappa shape index (κ3) is 3.12. The second kappa shape index (κ2) is 7.81. The molecule has 0 aliphatic carbocycles. The lowest BCUT2D eigenvalue weighted by Crippen LogP contribution is -2.48. The Morgan fingerprint density at radius 2 is 2.07 bits per heavy atom. The first kappa shape index (κ1) is 20.2. The summed E-state index contributed by atoms with van der Waals surface area (Å²) in [6.07, 6.45) is 0.0470. The number of methoxy groups -OCH3 is 2. The van der Waals surface area contributed by atoms with Gasteiger partial charge in [0.15, 0.2) is 0 Å². The lowest BCUT2D eigenvalue weighted by molar-refractivity contribution is -0.153. The van der Waals surface area contributed by atoms with Gasteiger partial charge < -0.3 is 24.2 Å². The summed E-state index contributed by atoms with van der Waals surface area (Å²) in [5.74, 6) is 1.01. The van der Waals surface area contributed by atoms with Gasteiger partial charge in [-0.15, -0.1) is 0 Å². The van der Waals surface area contributed by atoms with Crippen LogP contribution in [0.25, 0.3) is 0 Å². The number of ether oxygens (including phenoxy) is 3. The largest absolute Gasteiger partial charge is 0.497 e. The average molecular weight is 408 g/mol. The van der Waals surface area contributed by atoms with E-state index in [2.05, 4.69) is 9.97 Å². The van der Waals surface area contributed by atoms with Gasteiger partial charge in [0.05, 0.1) is 32.9 Å². The van der Waals surface area contributed by atoms with Gasteiger partial charge in [-0.1, -0.05) is 11.6 Å². The van der Waals surface area contributed by atoms with Gasteiger partial charge in [0.25, 0.3) is 0 Å². The van der Waals surface area contributed by atoms with Gasteiger partial charge in [-0.3, -0.25) is 4.79 Å². The summed E-state index contributed by atoms with van der Waals surface area (Å²) in [6, 6.07) is 5.36. The molecule has 0 saturated carbocycles. The number of anilines is 1. The quantitative estimate of drug-likeness (QED) is 0.576. The normalized spacial score (nSPS) is 20.6. The summed E-state index contributed by atoms with van der Waals surface area (Å²) in [5.41, 5.74) is -0.310. The van der Waals surface area contributed by atoms with Crippen molar-refractivity contribution in [2.24, 2.45) is 0 Å². The maximum atomic E-state index is 12.7. The molecule has 0 radical (unpaired) electrons. The maximum absolute atomic E-state index is 12.7. The highest BCUT2D eigenvalue weighted by molar-refractivity contribution is 6.31. The molecular weight excluding hydrogens is 386 g/mol. The molecule has 1 aliphatic rings. The van der Waals surface area contributed by atoms with Crippen molar-refractivity contribution in [3.63, 3.8) is 0 Å². The standard InChI is InChI=1S/C19H22ClN3O5/c1-5-28-18(25)19(2)14-15(20)21-10-22-16(14)23(17(19)24)9-11-6-7-12(26-3)8-13(11)27-4/h6-8,10,17,24H,5,9H2,1-4H3. The highest BCUT2D eigenvalue weighted by Crippen LogP contribution is 2.47. The fourth-order valence-corrected chi connectivity index (χ4v) is 3.72. The molecule has 2 heterocycles. The molecule has 9 heteroatoms. The van der Waals surface area contributed by atoms with E-state index in [0.29, 0.717) is 22.9 Å². The Labute approximate surface area is 168 Å². The van der Waals surface area contributed by atoms with Crippen LogP contribution in [0.1, 0.15) is 25.0 Å². The van der Waals surface area contributed by atoms with Crippen LogP contribution in [0.5, 0.6) is 11.5 Å². The topological polar surface area (TPSA) is 94.0 Å². The van der Waals surface area contributed by atoms with Crippen LogP contribution in [0.2, 0.25) is 5.15 Å². The fraction of sp³-hybridized carbons (Fsp3) is 0.421. The number of hydrogen-bond donors (Lipinski definition) is 1. The molecule has 150 valence electrons. The third-order valence-corrected chi connectivity index (χ3v) is 5.20. The van der Waals surface area contributed by atoms with E-state index in [9.17, 15) is 9.90 Å². The fourth-order valence-electron chi connectivity index (χ4n) is 3.39. The van der Waals surface area contributed by atoms with E-state index in [0.717, 1.165) is 5.56 Å². The van der Waals surface area contributed by atoms with Crippen LogP contribution in [0.3, 0.4) is 0 Å². The Morgan fingerprint density at radius 1 is 1.32 bits per heavy atom. The number of nitrogens with zero attached hydrogens (tertiary/aromatic N) is 3. The summed E-state index contributed by atoms with van der Waals surface area (Å²) in [6.45, 7) is 3.68. The molecular formula is C19H22ClN3O5. The molecule has 1 aliphatic heterocycles. The van der Waals surface area contributed by atoms with Crippen molar-refractivity contribution in [3.8, 4) is 11.5 Å². The van der Waals surface area contributed by atoms with Gasteiger partial charge in [-0.25, -0.2) is 9.97 Å². The van der Waals surface area contributed by atoms with E-state index in [4.69, 9.17) is 25.8 Å². The van der Waals surface area contributed by atoms with Gasteiger partial charge in [0.1, 0.15) is 40.4 Å². The van der Waals surface area contributed by atoms with Crippen LogP contribution < -0.4 is 14.4 Å². The molecule has 2 unspecified atom stereocenters. The van der Waals surface area contributed by atoms with Crippen molar-refractivity contribution in [2.75, 3.05) is 25.7 Å². The zero-order valence-electron chi connectivity index (χ0n) is 16.1. The van der Waals surface area contributed by atoms with Crippen LogP contribution in [-0.2, 0) is 21.5 Å². The van der Waals surface area contributed by atoms with E-state index in [1.54, 1.807) is 45.1 Å². The number of fused-ring (bicyclic) bond motifs is 1. The Hall–Kier alpha value is -2.58. The van der Waals surface area contributed by atoms with Crippen molar-refractivity contribution < 1.29 is 24.1 Å². The Kier molecular flexibility index (Phi) is 5.62. The van der Waals surface area contributed by atoms with Crippen molar-refractivity contribution in [1.29, 1.82) is 0 Å². The number of benzene rings is 1. The second-order valence-electron chi connectivity index (χ2n) is 6.47. The maximum Gasteiger partial charge on any atom is 0.321 e. The highest BCUT2D eigenvalue weighted by Gasteiger charge is 2.56. The number of hydrogen-bond acceptors (Lipinski definition) is 8. The number of esters is 1. The number of aromatic nitrogens is 2. The predicted octanol–water partition coefficient (Wildman–Crippen LogP) is 2.31. The Bertz CT molecular complexity index is 894. The van der Waals surface area contributed by atoms with Crippen molar-refractivity contribution >= 4 is 23.4 Å². The second-order valence-corrected chi connectivity index (χ2v) is 6.82. The minimum absolute atomic E-state index is 0.101. The van der Waals surface area contributed by atoms with Crippen LogP contribution >= 0.6 is 11.6 Å². The summed E-state index contributed by atoms with van der Waals surface area (Å²) in [4.78, 5) is 22.6. The third-order valence-electron chi connectivity index (χ3n) is 4.92. The molecule has 0 amide bonds. The summed E-state index contributed by atoms with van der Waals surface area (Å²) < 4.78 is 15.9. The molecule has 1 aromatic heterocycles. The first-order valence-electron chi connectivity index (χ1n) is 8.72. The molecule has 2 aromatic rings. The molecule has 28 heavy (non-hydrogen) atoms. The minimum Gasteiger partial charge on any atom is -0.497 e. The van der Waals surface area contributed by atoms with E-state index in [1.807, 2.05) is 6.07 Å². The number of carbonyl (C=O) groups is 1. The summed E-state index contributed by atoms with van der Waals surface area (Å²) in [5, 5.41) is 11.2. The molecule has 1 aromatic carbocycles. The zero-order valence-corrected chi connectivity index (χ0v) is 16.9. The predicted molar refractivity (Wildman–Crippen MR) is 103 cm³/mol. The van der Waals surface area contributed by atoms with Gasteiger partial charge in [-0.05, 0) is 26.0 Å². The highest BCUT2D eigenvalue weighted by atomic mass is 35.5.